The highest BCUT2D eigenvalue weighted by Gasteiger charge is 2.26. The maximum Gasteiger partial charge on any atom is 0.326 e. The first-order valence-electron chi connectivity index (χ1n) is 8.85. The fraction of sp³-hybridized carbons (Fsp3) is 0.286. The van der Waals surface area contributed by atoms with E-state index in [2.05, 4.69) is 10.6 Å². The second-order valence-corrected chi connectivity index (χ2v) is 6.68. The summed E-state index contributed by atoms with van der Waals surface area (Å²) in [4.78, 5) is 35.8. The predicted octanol–water partition coefficient (Wildman–Crippen LogP) is 1.99. The van der Waals surface area contributed by atoms with Gasteiger partial charge in [-0.25, -0.2) is 9.18 Å². The van der Waals surface area contributed by atoms with Crippen LogP contribution >= 0.6 is 0 Å². The average Bonchev–Trinajstić information content (AvgIpc) is 2.62. The normalized spacial score (nSPS) is 12.7. The van der Waals surface area contributed by atoms with Gasteiger partial charge in [-0.3, -0.25) is 9.59 Å². The first kappa shape index (κ1) is 21.1. The predicted molar refractivity (Wildman–Crippen MR) is 102 cm³/mol. The third kappa shape index (κ3) is 6.50. The van der Waals surface area contributed by atoms with Gasteiger partial charge in [-0.05, 0) is 30.2 Å². The summed E-state index contributed by atoms with van der Waals surface area (Å²) >= 11 is 0. The number of aliphatic carboxylic acids is 1. The number of carboxylic acid groups (broad SMARTS) is 1. The van der Waals surface area contributed by atoms with Crippen LogP contribution in [-0.2, 0) is 27.2 Å². The number of nitrogens with one attached hydrogen (secondary N) is 2. The summed E-state index contributed by atoms with van der Waals surface area (Å²) in [7, 11) is 0. The lowest BCUT2D eigenvalue weighted by Gasteiger charge is -2.21. The molecule has 2 aromatic rings. The molecule has 2 atom stereocenters. The Kier molecular flexibility index (Phi) is 7.26. The van der Waals surface area contributed by atoms with Crippen molar-refractivity contribution in [1.29, 1.82) is 0 Å². The molecule has 28 heavy (non-hydrogen) atoms. The first-order valence-corrected chi connectivity index (χ1v) is 8.85. The van der Waals surface area contributed by atoms with Gasteiger partial charge in [0.25, 0.3) is 0 Å². The Bertz CT molecular complexity index is 852. The minimum absolute atomic E-state index is 0.114. The molecule has 0 aliphatic heterocycles. The van der Waals surface area contributed by atoms with Crippen molar-refractivity contribution in [2.45, 2.75) is 38.8 Å². The van der Waals surface area contributed by atoms with Crippen LogP contribution in [0, 0.1) is 12.7 Å². The average molecular weight is 386 g/mol. The molecule has 6 nitrogen and oxygen atoms in total. The summed E-state index contributed by atoms with van der Waals surface area (Å²) in [6.07, 6.45) is 0.231. The summed E-state index contributed by atoms with van der Waals surface area (Å²) in [6.45, 7) is 3.17. The second kappa shape index (κ2) is 9.64. The van der Waals surface area contributed by atoms with E-state index < -0.39 is 35.7 Å². The van der Waals surface area contributed by atoms with Crippen molar-refractivity contribution in [2.75, 3.05) is 0 Å². The standard InChI is InChI=1S/C21H23FN2O4/c1-13-4-3-5-16(10-13)12-19(21(27)28)24-20(26)18(23-14(2)25)11-15-6-8-17(22)9-7-15/h3-10,18-19H,11-12H2,1-2H3,(H,23,25)(H,24,26)(H,27,28)/t18-,19+/m1/s1. The molecule has 0 heterocycles. The fourth-order valence-electron chi connectivity index (χ4n) is 2.86. The van der Waals surface area contributed by atoms with Gasteiger partial charge in [0.2, 0.25) is 11.8 Å². The summed E-state index contributed by atoms with van der Waals surface area (Å²) in [5.41, 5.74) is 2.41. The maximum atomic E-state index is 13.1. The minimum Gasteiger partial charge on any atom is -0.480 e. The summed E-state index contributed by atoms with van der Waals surface area (Å²) in [5, 5.41) is 14.5. The van der Waals surface area contributed by atoms with Crippen molar-refractivity contribution >= 4 is 17.8 Å². The number of carbonyl (C=O) groups excluding carboxylic acids is 2. The lowest BCUT2D eigenvalue weighted by molar-refractivity contribution is -0.142. The van der Waals surface area contributed by atoms with Gasteiger partial charge in [-0.1, -0.05) is 42.0 Å². The summed E-state index contributed by atoms with van der Waals surface area (Å²) in [6, 6.07) is 10.8. The van der Waals surface area contributed by atoms with E-state index in [4.69, 9.17) is 0 Å². The molecular formula is C21H23FN2O4. The van der Waals surface area contributed by atoms with Crippen molar-refractivity contribution in [2.24, 2.45) is 0 Å². The zero-order valence-electron chi connectivity index (χ0n) is 15.7. The van der Waals surface area contributed by atoms with Gasteiger partial charge in [-0.2, -0.15) is 0 Å². The number of carbonyl (C=O) groups is 3. The summed E-state index contributed by atoms with van der Waals surface area (Å²) < 4.78 is 13.1. The van der Waals surface area contributed by atoms with Crippen LogP contribution in [-0.4, -0.2) is 35.0 Å². The summed E-state index contributed by atoms with van der Waals surface area (Å²) in [5.74, 6) is -2.61. The number of aryl methyl sites for hydroxylation is 1. The highest BCUT2D eigenvalue weighted by atomic mass is 19.1. The van der Waals surface area contributed by atoms with Gasteiger partial charge in [-0.15, -0.1) is 0 Å². The van der Waals surface area contributed by atoms with Crippen molar-refractivity contribution in [3.8, 4) is 0 Å². The second-order valence-electron chi connectivity index (χ2n) is 6.68. The molecule has 0 bridgehead atoms. The van der Waals surface area contributed by atoms with Crippen LogP contribution in [0.25, 0.3) is 0 Å². The first-order chi connectivity index (χ1) is 13.2. The number of benzene rings is 2. The lowest BCUT2D eigenvalue weighted by Crippen LogP contribution is -2.52. The Morgan fingerprint density at radius 1 is 0.964 bits per heavy atom. The molecule has 0 unspecified atom stereocenters. The van der Waals surface area contributed by atoms with Crippen molar-refractivity contribution in [3.63, 3.8) is 0 Å². The quantitative estimate of drug-likeness (QED) is 0.647. The number of carboxylic acids is 1. The molecule has 7 heteroatoms. The van der Waals surface area contributed by atoms with Gasteiger partial charge in [0, 0.05) is 19.8 Å². The van der Waals surface area contributed by atoms with E-state index >= 15 is 0 Å². The smallest absolute Gasteiger partial charge is 0.326 e. The minimum atomic E-state index is -1.17. The van der Waals surface area contributed by atoms with E-state index in [9.17, 15) is 23.9 Å². The van der Waals surface area contributed by atoms with E-state index in [1.54, 1.807) is 6.07 Å². The SMILES string of the molecule is CC(=O)N[C@H](Cc1ccc(F)cc1)C(=O)N[C@@H](Cc1cccc(C)c1)C(=O)O. The zero-order valence-corrected chi connectivity index (χ0v) is 15.7. The Balaban J connectivity index is 2.12. The highest BCUT2D eigenvalue weighted by molar-refractivity contribution is 5.90. The Morgan fingerprint density at radius 3 is 2.18 bits per heavy atom. The van der Waals surface area contributed by atoms with Gasteiger partial charge in [0.1, 0.15) is 17.9 Å². The number of hydrogen-bond donors (Lipinski definition) is 3. The molecule has 0 saturated carbocycles. The molecule has 0 aliphatic carbocycles. The third-order valence-electron chi connectivity index (χ3n) is 4.18. The van der Waals surface area contributed by atoms with Crippen LogP contribution in [0.5, 0.6) is 0 Å². The molecule has 2 amide bonds. The molecule has 2 aromatic carbocycles. The molecule has 0 aliphatic rings. The molecule has 148 valence electrons. The molecule has 0 radical (unpaired) electrons. The van der Waals surface area contributed by atoms with E-state index in [1.807, 2.05) is 25.1 Å². The van der Waals surface area contributed by atoms with Crippen LogP contribution in [0.2, 0.25) is 0 Å². The maximum absolute atomic E-state index is 13.1. The molecule has 0 aromatic heterocycles. The Morgan fingerprint density at radius 2 is 1.61 bits per heavy atom. The van der Waals surface area contributed by atoms with Gasteiger partial charge in [0.05, 0.1) is 0 Å². The Hall–Kier alpha value is -3.22. The van der Waals surface area contributed by atoms with Crippen LogP contribution < -0.4 is 10.6 Å². The monoisotopic (exact) mass is 386 g/mol. The number of rotatable bonds is 8. The van der Waals surface area contributed by atoms with Crippen molar-refractivity contribution in [3.05, 3.63) is 71.0 Å². The molecule has 0 spiro atoms. The molecule has 2 rings (SSSR count). The lowest BCUT2D eigenvalue weighted by atomic mass is 10.0. The van der Waals surface area contributed by atoms with Gasteiger partial charge < -0.3 is 15.7 Å². The van der Waals surface area contributed by atoms with Crippen molar-refractivity contribution in [1.82, 2.24) is 10.6 Å². The van der Waals surface area contributed by atoms with Crippen LogP contribution in [0.1, 0.15) is 23.6 Å². The Labute approximate surface area is 162 Å². The van der Waals surface area contributed by atoms with Crippen molar-refractivity contribution < 1.29 is 23.9 Å². The number of halogens is 1. The van der Waals surface area contributed by atoms with E-state index in [0.29, 0.717) is 5.56 Å². The van der Waals surface area contributed by atoms with E-state index in [1.165, 1.54) is 31.2 Å². The zero-order chi connectivity index (χ0) is 20.7. The molecule has 3 N–H and O–H groups in total. The topological polar surface area (TPSA) is 95.5 Å². The highest BCUT2D eigenvalue weighted by Crippen LogP contribution is 2.09. The van der Waals surface area contributed by atoms with E-state index in [0.717, 1.165) is 11.1 Å². The largest absolute Gasteiger partial charge is 0.480 e. The molecular weight excluding hydrogens is 363 g/mol. The van der Waals surface area contributed by atoms with Crippen LogP contribution in [0.3, 0.4) is 0 Å². The van der Waals surface area contributed by atoms with Gasteiger partial charge in [0.15, 0.2) is 0 Å². The molecule has 0 saturated heterocycles. The van der Waals surface area contributed by atoms with Gasteiger partial charge >= 0.3 is 5.97 Å². The van der Waals surface area contributed by atoms with Crippen LogP contribution in [0.4, 0.5) is 4.39 Å². The third-order valence-corrected chi connectivity index (χ3v) is 4.18. The van der Waals surface area contributed by atoms with Crippen LogP contribution in [0.15, 0.2) is 48.5 Å². The fourth-order valence-corrected chi connectivity index (χ4v) is 2.86. The number of amides is 2. The number of hydrogen-bond acceptors (Lipinski definition) is 3. The molecule has 0 fully saturated rings. The van der Waals surface area contributed by atoms with E-state index in [-0.39, 0.29) is 12.8 Å².